The molecule has 41 heavy (non-hydrogen) atoms. The van der Waals surface area contributed by atoms with Crippen LogP contribution in [0.5, 0.6) is 5.75 Å². The van der Waals surface area contributed by atoms with E-state index in [0.717, 1.165) is 36.0 Å². The predicted molar refractivity (Wildman–Crippen MR) is 144 cm³/mol. The topological polar surface area (TPSA) is 103 Å². The summed E-state index contributed by atoms with van der Waals surface area (Å²) in [6, 6.07) is 8.06. The number of ether oxygens (including phenoxy) is 1. The van der Waals surface area contributed by atoms with Gasteiger partial charge in [0.15, 0.2) is 0 Å². The summed E-state index contributed by atoms with van der Waals surface area (Å²) in [6.45, 7) is -0.679. The van der Waals surface area contributed by atoms with Gasteiger partial charge in [0.2, 0.25) is 5.91 Å². The van der Waals surface area contributed by atoms with Crippen molar-refractivity contribution >= 4 is 29.1 Å². The summed E-state index contributed by atoms with van der Waals surface area (Å²) in [4.78, 5) is 38.3. The number of aromatic nitrogens is 1. The monoisotopic (exact) mass is 591 g/mol. The minimum Gasteiger partial charge on any atom is -0.491 e. The number of nitrogens with one attached hydrogen (secondary N) is 1. The molecule has 3 N–H and O–H groups in total. The molecule has 12 heteroatoms. The zero-order valence-corrected chi connectivity index (χ0v) is 22.4. The van der Waals surface area contributed by atoms with Crippen LogP contribution in [0.3, 0.4) is 0 Å². The minimum atomic E-state index is -4.53. The second-order valence-corrected chi connectivity index (χ2v) is 10.9. The van der Waals surface area contributed by atoms with Crippen molar-refractivity contribution in [3.05, 3.63) is 81.0 Å². The number of anilines is 1. The Labute approximate surface area is 237 Å². The lowest BCUT2D eigenvalue weighted by Crippen LogP contribution is -2.36. The number of nitrogens with two attached hydrogens (primary N) is 1. The summed E-state index contributed by atoms with van der Waals surface area (Å²) in [5.74, 6) is -4.18. The first kappa shape index (κ1) is 28.7. The van der Waals surface area contributed by atoms with Gasteiger partial charge in [-0.3, -0.25) is 19.0 Å². The Morgan fingerprint density at radius 2 is 1.88 bits per heavy atom. The Balaban J connectivity index is 1.55. The van der Waals surface area contributed by atoms with Gasteiger partial charge < -0.3 is 15.8 Å². The van der Waals surface area contributed by atoms with Crippen molar-refractivity contribution in [2.75, 3.05) is 11.9 Å². The van der Waals surface area contributed by atoms with Crippen molar-refractivity contribution in [3.8, 4) is 16.9 Å². The van der Waals surface area contributed by atoms with Crippen molar-refractivity contribution in [2.24, 2.45) is 17.6 Å². The van der Waals surface area contributed by atoms with Crippen LogP contribution >= 0.6 is 11.6 Å². The molecule has 3 aromatic rings. The molecule has 1 aliphatic carbocycles. The molecule has 2 aliphatic rings. The Hall–Kier alpha value is -3.86. The highest BCUT2D eigenvalue weighted by Crippen LogP contribution is 2.41. The van der Waals surface area contributed by atoms with Crippen molar-refractivity contribution in [1.29, 1.82) is 0 Å². The fourth-order valence-corrected chi connectivity index (χ4v) is 5.38. The molecule has 1 fully saturated rings. The fraction of sp³-hybridized carbons (Fsp3) is 0.345. The number of carbonyl (C=O) groups is 2. The maximum Gasteiger partial charge on any atom is 0.395 e. The van der Waals surface area contributed by atoms with E-state index in [4.69, 9.17) is 22.1 Å². The van der Waals surface area contributed by atoms with Crippen molar-refractivity contribution in [1.82, 2.24) is 4.57 Å². The number of hydrogen-bond donors (Lipinski definition) is 2. The average Bonchev–Trinajstić information content (AvgIpc) is 2.85. The Bertz CT molecular complexity index is 1570. The maximum absolute atomic E-state index is 14.3. The number of halogens is 5. The molecule has 2 atom stereocenters. The Morgan fingerprint density at radius 1 is 1.12 bits per heavy atom. The lowest BCUT2D eigenvalue weighted by molar-refractivity contribution is -0.181. The number of pyridine rings is 1. The van der Waals surface area contributed by atoms with E-state index >= 15 is 0 Å². The fourth-order valence-electron chi connectivity index (χ4n) is 5.21. The van der Waals surface area contributed by atoms with Crippen molar-refractivity contribution in [3.63, 3.8) is 0 Å². The predicted octanol–water partition coefficient (Wildman–Crippen LogP) is 5.89. The zero-order valence-electron chi connectivity index (χ0n) is 21.6. The van der Waals surface area contributed by atoms with Gasteiger partial charge in [0.05, 0.1) is 17.7 Å². The smallest absolute Gasteiger partial charge is 0.395 e. The lowest BCUT2D eigenvalue weighted by atomic mass is 9.80. The summed E-state index contributed by atoms with van der Waals surface area (Å²) in [5.41, 5.74) is 5.26. The lowest BCUT2D eigenvalue weighted by Gasteiger charge is -2.31. The first-order valence-corrected chi connectivity index (χ1v) is 13.4. The highest BCUT2D eigenvalue weighted by Gasteiger charge is 2.41. The molecular formula is C29H26ClF4N3O4. The number of alkyl halides is 3. The van der Waals surface area contributed by atoms with E-state index in [2.05, 4.69) is 5.32 Å². The zero-order chi connectivity index (χ0) is 29.5. The summed E-state index contributed by atoms with van der Waals surface area (Å²) >= 11 is 6.17. The largest absolute Gasteiger partial charge is 0.491 e. The van der Waals surface area contributed by atoms with E-state index in [1.807, 2.05) is 0 Å². The van der Waals surface area contributed by atoms with Gasteiger partial charge in [-0.25, -0.2) is 4.39 Å². The van der Waals surface area contributed by atoms with Crippen LogP contribution < -0.4 is 21.3 Å². The molecule has 2 heterocycles. The minimum absolute atomic E-state index is 0.00494. The van der Waals surface area contributed by atoms with Crippen molar-refractivity contribution in [2.45, 2.75) is 44.3 Å². The van der Waals surface area contributed by atoms with Crippen LogP contribution in [0.1, 0.15) is 47.6 Å². The van der Waals surface area contributed by atoms with Crippen LogP contribution in [-0.2, 0) is 11.2 Å². The maximum atomic E-state index is 14.3. The third-order valence-electron chi connectivity index (χ3n) is 7.70. The second-order valence-electron chi connectivity index (χ2n) is 10.4. The molecule has 5 rings (SSSR count). The number of benzene rings is 2. The summed E-state index contributed by atoms with van der Waals surface area (Å²) in [5, 5.41) is 2.86. The first-order valence-electron chi connectivity index (χ1n) is 13.1. The molecule has 216 valence electrons. The van der Waals surface area contributed by atoms with Crippen LogP contribution in [-0.4, -0.2) is 29.2 Å². The van der Waals surface area contributed by atoms with Gasteiger partial charge in [-0.2, -0.15) is 13.2 Å². The van der Waals surface area contributed by atoms with Gasteiger partial charge in [-0.05, 0) is 60.2 Å². The van der Waals surface area contributed by atoms with E-state index in [1.54, 1.807) is 0 Å². The number of rotatable bonds is 6. The van der Waals surface area contributed by atoms with Crippen LogP contribution in [0, 0.1) is 17.7 Å². The Morgan fingerprint density at radius 3 is 2.51 bits per heavy atom. The van der Waals surface area contributed by atoms with E-state index in [9.17, 15) is 31.9 Å². The summed E-state index contributed by atoms with van der Waals surface area (Å²) in [7, 11) is 0. The highest BCUT2D eigenvalue weighted by molar-refractivity contribution is 6.30. The van der Waals surface area contributed by atoms with Crippen LogP contribution in [0.2, 0.25) is 5.02 Å². The molecule has 2 amide bonds. The molecule has 0 spiro atoms. The SMILES string of the molecule is NC(=O)c1ccc(NC(=O)C(CC2CCC2)n2cc3c(cc2=O)-c2cc(Cl)ccc2CC(C(F)(F)F)CO3)cc1F. The molecular weight excluding hydrogens is 566 g/mol. The Kier molecular flexibility index (Phi) is 7.83. The third kappa shape index (κ3) is 6.09. The molecule has 1 saturated carbocycles. The molecule has 2 unspecified atom stereocenters. The normalized spacial score (nSPS) is 17.6. The van der Waals surface area contributed by atoms with Crippen LogP contribution in [0.15, 0.2) is 53.5 Å². The first-order chi connectivity index (χ1) is 19.4. The number of amides is 2. The van der Waals surface area contributed by atoms with Gasteiger partial charge in [0, 0.05) is 22.3 Å². The second kappa shape index (κ2) is 11.2. The number of primary amides is 1. The number of fused-ring (bicyclic) bond motifs is 3. The van der Waals surface area contributed by atoms with Gasteiger partial charge >= 0.3 is 6.18 Å². The standard InChI is InChI=1S/C29H26ClF4N3O4/c30-18-5-4-16-9-17(29(32,33)34)14-41-25-13-37(26(38)12-22(25)21(16)10-18)24(8-15-2-1-3-15)28(40)36-19-6-7-20(27(35)39)23(31)11-19/h4-7,10-13,15,17,24H,1-3,8-9,14H2,(H2,35,39)(H,36,40). The van der Waals surface area contributed by atoms with E-state index in [0.29, 0.717) is 11.1 Å². The van der Waals surface area contributed by atoms with Gasteiger partial charge in [0.25, 0.3) is 11.5 Å². The van der Waals surface area contributed by atoms with Crippen molar-refractivity contribution < 1.29 is 31.9 Å². The number of hydrogen-bond acceptors (Lipinski definition) is 4. The molecule has 7 nitrogen and oxygen atoms in total. The van der Waals surface area contributed by atoms with Crippen LogP contribution in [0.25, 0.3) is 11.1 Å². The van der Waals surface area contributed by atoms with E-state index < -0.39 is 47.9 Å². The molecule has 1 aromatic heterocycles. The third-order valence-corrected chi connectivity index (χ3v) is 7.93. The molecule has 0 saturated heterocycles. The van der Waals surface area contributed by atoms with Gasteiger partial charge in [0.1, 0.15) is 24.2 Å². The van der Waals surface area contributed by atoms with E-state index in [-0.39, 0.29) is 46.3 Å². The average molecular weight is 592 g/mol. The molecule has 0 radical (unpaired) electrons. The van der Waals surface area contributed by atoms with Crippen LogP contribution in [0.4, 0.5) is 23.2 Å². The number of carbonyl (C=O) groups excluding carboxylic acids is 2. The van der Waals surface area contributed by atoms with Gasteiger partial charge in [-0.1, -0.05) is 36.9 Å². The molecule has 0 bridgehead atoms. The summed E-state index contributed by atoms with van der Waals surface area (Å²) < 4.78 is 62.6. The van der Waals surface area contributed by atoms with Gasteiger partial charge in [-0.15, -0.1) is 0 Å². The highest BCUT2D eigenvalue weighted by atomic mass is 35.5. The summed E-state index contributed by atoms with van der Waals surface area (Å²) in [6.07, 6.45) is -0.675. The number of nitrogens with zero attached hydrogens (tertiary/aromatic N) is 1. The quantitative estimate of drug-likeness (QED) is 0.349. The molecule has 2 aromatic carbocycles. The molecule has 1 aliphatic heterocycles. The van der Waals surface area contributed by atoms with E-state index in [1.165, 1.54) is 36.5 Å².